The number of ether oxygens (including phenoxy) is 1. The van der Waals surface area contributed by atoms with Crippen LogP contribution < -0.4 is 10.1 Å². The summed E-state index contributed by atoms with van der Waals surface area (Å²) in [4.78, 5) is 12.3. The fourth-order valence-electron chi connectivity index (χ4n) is 2.59. The first-order chi connectivity index (χ1) is 11.8. The standard InChI is InChI=1S/C20H23F2NO2/c1-12(2)15-6-5-7-16(13(3)4)20(15)23-19(24)11-25-14-8-9-17(21)18(22)10-14/h5-10,12-13H,11H2,1-4H3,(H,23,24). The van der Waals surface area contributed by atoms with Crippen LogP contribution in [0.3, 0.4) is 0 Å². The molecule has 3 nitrogen and oxygen atoms in total. The van der Waals surface area contributed by atoms with Gasteiger partial charge in [0.05, 0.1) is 0 Å². The maximum Gasteiger partial charge on any atom is 0.262 e. The van der Waals surface area contributed by atoms with Gasteiger partial charge in [0, 0.05) is 11.8 Å². The summed E-state index contributed by atoms with van der Waals surface area (Å²) in [5.41, 5.74) is 2.89. The number of para-hydroxylation sites is 1. The van der Waals surface area contributed by atoms with Gasteiger partial charge in [0.2, 0.25) is 0 Å². The summed E-state index contributed by atoms with van der Waals surface area (Å²) in [6, 6.07) is 9.13. The Labute approximate surface area is 147 Å². The van der Waals surface area contributed by atoms with Crippen molar-refractivity contribution in [3.63, 3.8) is 0 Å². The number of carbonyl (C=O) groups is 1. The third kappa shape index (κ3) is 4.78. The van der Waals surface area contributed by atoms with Gasteiger partial charge >= 0.3 is 0 Å². The van der Waals surface area contributed by atoms with Crippen LogP contribution in [0.4, 0.5) is 14.5 Å². The molecule has 0 spiro atoms. The zero-order valence-electron chi connectivity index (χ0n) is 14.9. The number of hydrogen-bond donors (Lipinski definition) is 1. The summed E-state index contributed by atoms with van der Waals surface area (Å²) < 4.78 is 31.4. The van der Waals surface area contributed by atoms with Crippen molar-refractivity contribution in [3.05, 3.63) is 59.2 Å². The normalized spacial score (nSPS) is 11.0. The number of hydrogen-bond acceptors (Lipinski definition) is 2. The molecule has 0 radical (unpaired) electrons. The first-order valence-electron chi connectivity index (χ1n) is 8.30. The van der Waals surface area contributed by atoms with Crippen molar-refractivity contribution < 1.29 is 18.3 Å². The second kappa shape index (κ2) is 8.10. The van der Waals surface area contributed by atoms with Crippen LogP contribution >= 0.6 is 0 Å². The Balaban J connectivity index is 2.13. The van der Waals surface area contributed by atoms with Crippen LogP contribution in [0.1, 0.15) is 50.7 Å². The van der Waals surface area contributed by atoms with Crippen molar-refractivity contribution in [1.29, 1.82) is 0 Å². The van der Waals surface area contributed by atoms with E-state index in [9.17, 15) is 13.6 Å². The number of amides is 1. The highest BCUT2D eigenvalue weighted by Gasteiger charge is 2.16. The van der Waals surface area contributed by atoms with E-state index in [0.29, 0.717) is 0 Å². The van der Waals surface area contributed by atoms with Crippen LogP contribution in [-0.4, -0.2) is 12.5 Å². The van der Waals surface area contributed by atoms with E-state index in [2.05, 4.69) is 33.0 Å². The van der Waals surface area contributed by atoms with Gasteiger partial charge in [-0.1, -0.05) is 45.9 Å². The van der Waals surface area contributed by atoms with E-state index in [-0.39, 0.29) is 30.1 Å². The van der Waals surface area contributed by atoms with Crippen molar-refractivity contribution >= 4 is 11.6 Å². The Kier molecular flexibility index (Phi) is 6.12. The molecular formula is C20H23F2NO2. The van der Waals surface area contributed by atoms with Gasteiger partial charge in [-0.25, -0.2) is 8.78 Å². The van der Waals surface area contributed by atoms with Gasteiger partial charge in [0.15, 0.2) is 18.2 Å². The highest BCUT2D eigenvalue weighted by Crippen LogP contribution is 2.32. The molecule has 0 heterocycles. The summed E-state index contributed by atoms with van der Waals surface area (Å²) >= 11 is 0. The minimum atomic E-state index is -1.01. The van der Waals surface area contributed by atoms with Crippen LogP contribution in [-0.2, 0) is 4.79 Å². The Bertz CT molecular complexity index is 731. The monoisotopic (exact) mass is 347 g/mol. The lowest BCUT2D eigenvalue weighted by atomic mass is 9.92. The van der Waals surface area contributed by atoms with Crippen LogP contribution in [0, 0.1) is 11.6 Å². The molecule has 5 heteroatoms. The largest absolute Gasteiger partial charge is 0.484 e. The van der Waals surface area contributed by atoms with Crippen LogP contribution in [0.5, 0.6) is 5.75 Å². The lowest BCUT2D eigenvalue weighted by Crippen LogP contribution is -2.22. The maximum atomic E-state index is 13.2. The van der Waals surface area contributed by atoms with Crippen molar-refractivity contribution in [2.45, 2.75) is 39.5 Å². The molecule has 1 N–H and O–H groups in total. The van der Waals surface area contributed by atoms with Gasteiger partial charge in [0.25, 0.3) is 5.91 Å². The topological polar surface area (TPSA) is 38.3 Å². The molecule has 0 aliphatic heterocycles. The Morgan fingerprint density at radius 2 is 1.60 bits per heavy atom. The fraction of sp³-hybridized carbons (Fsp3) is 0.350. The molecule has 0 aliphatic carbocycles. The molecule has 134 valence electrons. The zero-order chi connectivity index (χ0) is 18.6. The Morgan fingerprint density at radius 3 is 2.12 bits per heavy atom. The number of anilines is 1. The van der Waals surface area contributed by atoms with Gasteiger partial charge in [-0.3, -0.25) is 4.79 Å². The van der Waals surface area contributed by atoms with E-state index in [4.69, 9.17) is 4.74 Å². The molecule has 2 aromatic rings. The molecule has 0 aromatic heterocycles. The Morgan fingerprint density at radius 1 is 1.00 bits per heavy atom. The lowest BCUT2D eigenvalue weighted by molar-refractivity contribution is -0.118. The van der Waals surface area contributed by atoms with Gasteiger partial charge in [-0.2, -0.15) is 0 Å². The molecule has 0 bridgehead atoms. The molecule has 0 saturated carbocycles. The molecule has 25 heavy (non-hydrogen) atoms. The number of carbonyl (C=O) groups excluding carboxylic acids is 1. The van der Waals surface area contributed by atoms with Gasteiger partial charge < -0.3 is 10.1 Å². The second-order valence-corrected chi connectivity index (χ2v) is 6.53. The number of benzene rings is 2. The van der Waals surface area contributed by atoms with Crippen molar-refractivity contribution in [3.8, 4) is 5.75 Å². The minimum absolute atomic E-state index is 0.107. The van der Waals surface area contributed by atoms with Crippen LogP contribution in [0.25, 0.3) is 0 Å². The average Bonchev–Trinajstić information content (AvgIpc) is 2.55. The quantitative estimate of drug-likeness (QED) is 0.777. The number of rotatable bonds is 6. The summed E-state index contributed by atoms with van der Waals surface area (Å²) in [5.74, 6) is -1.70. The van der Waals surface area contributed by atoms with E-state index >= 15 is 0 Å². The molecule has 0 fully saturated rings. The molecule has 2 aromatic carbocycles. The molecule has 0 aliphatic rings. The third-order valence-corrected chi connectivity index (χ3v) is 3.90. The van der Waals surface area contributed by atoms with Crippen molar-refractivity contribution in [2.24, 2.45) is 0 Å². The van der Waals surface area contributed by atoms with E-state index in [0.717, 1.165) is 28.9 Å². The maximum absolute atomic E-state index is 13.2. The molecular weight excluding hydrogens is 324 g/mol. The second-order valence-electron chi connectivity index (χ2n) is 6.53. The first-order valence-corrected chi connectivity index (χ1v) is 8.30. The minimum Gasteiger partial charge on any atom is -0.484 e. The van der Waals surface area contributed by atoms with Gasteiger partial charge in [0.1, 0.15) is 5.75 Å². The molecule has 0 unspecified atom stereocenters. The summed E-state index contributed by atoms with van der Waals surface area (Å²) in [6.07, 6.45) is 0. The average molecular weight is 347 g/mol. The van der Waals surface area contributed by atoms with E-state index < -0.39 is 11.6 Å². The van der Waals surface area contributed by atoms with Crippen LogP contribution in [0.15, 0.2) is 36.4 Å². The van der Waals surface area contributed by atoms with E-state index in [1.165, 1.54) is 6.07 Å². The van der Waals surface area contributed by atoms with E-state index in [1.54, 1.807) is 0 Å². The molecule has 0 saturated heterocycles. The summed E-state index contributed by atoms with van der Waals surface area (Å²) in [7, 11) is 0. The summed E-state index contributed by atoms with van der Waals surface area (Å²) in [5, 5.41) is 2.91. The van der Waals surface area contributed by atoms with Crippen LogP contribution in [0.2, 0.25) is 0 Å². The predicted octanol–water partition coefficient (Wildman–Crippen LogP) is 5.23. The van der Waals surface area contributed by atoms with E-state index in [1.807, 2.05) is 18.2 Å². The zero-order valence-corrected chi connectivity index (χ0v) is 14.9. The predicted molar refractivity (Wildman–Crippen MR) is 95.1 cm³/mol. The fourth-order valence-corrected chi connectivity index (χ4v) is 2.59. The van der Waals surface area contributed by atoms with Crippen molar-refractivity contribution in [1.82, 2.24) is 0 Å². The number of halogens is 2. The summed E-state index contributed by atoms with van der Waals surface area (Å²) in [6.45, 7) is 7.97. The highest BCUT2D eigenvalue weighted by molar-refractivity contribution is 5.93. The SMILES string of the molecule is CC(C)c1cccc(C(C)C)c1NC(=O)COc1ccc(F)c(F)c1. The first kappa shape index (κ1) is 18.9. The number of nitrogens with one attached hydrogen (secondary N) is 1. The van der Waals surface area contributed by atoms with Crippen molar-refractivity contribution in [2.75, 3.05) is 11.9 Å². The molecule has 1 amide bonds. The molecule has 2 rings (SSSR count). The Hall–Kier alpha value is -2.43. The van der Waals surface area contributed by atoms with Gasteiger partial charge in [-0.15, -0.1) is 0 Å². The van der Waals surface area contributed by atoms with Gasteiger partial charge in [-0.05, 0) is 35.1 Å². The molecule has 0 atom stereocenters. The smallest absolute Gasteiger partial charge is 0.262 e. The highest BCUT2D eigenvalue weighted by atomic mass is 19.2. The third-order valence-electron chi connectivity index (χ3n) is 3.90. The lowest BCUT2D eigenvalue weighted by Gasteiger charge is -2.20.